The van der Waals surface area contributed by atoms with E-state index in [4.69, 9.17) is 0 Å². The second kappa shape index (κ2) is 6.16. The van der Waals surface area contributed by atoms with Gasteiger partial charge in [-0.3, -0.25) is 9.69 Å². The third kappa shape index (κ3) is 2.97. The van der Waals surface area contributed by atoms with Gasteiger partial charge in [0.05, 0.1) is 12.1 Å². The van der Waals surface area contributed by atoms with Crippen molar-refractivity contribution in [1.82, 2.24) is 4.90 Å². The molecule has 0 saturated carbocycles. The maximum absolute atomic E-state index is 12.9. The SMILES string of the molecule is CC(C(=O)N1CCCc2ccccc21)N1CCC(O)CC1. The van der Waals surface area contributed by atoms with E-state index in [0.717, 1.165) is 51.0 Å². The lowest BCUT2D eigenvalue weighted by molar-refractivity contribution is -0.124. The number of piperidine rings is 1. The number of likely N-dealkylation sites (tertiary alicyclic amines) is 1. The minimum absolute atomic E-state index is 0.108. The molecule has 1 fully saturated rings. The van der Waals surface area contributed by atoms with Gasteiger partial charge in [0.2, 0.25) is 5.91 Å². The first-order valence-electron chi connectivity index (χ1n) is 7.98. The lowest BCUT2D eigenvalue weighted by Crippen LogP contribution is -2.51. The van der Waals surface area contributed by atoms with Gasteiger partial charge in [0, 0.05) is 25.3 Å². The number of anilines is 1. The summed E-state index contributed by atoms with van der Waals surface area (Å²) in [5, 5.41) is 9.60. The molecule has 114 valence electrons. The first-order valence-corrected chi connectivity index (χ1v) is 7.98. The Morgan fingerprint density at radius 1 is 1.24 bits per heavy atom. The Hall–Kier alpha value is -1.39. The Labute approximate surface area is 126 Å². The monoisotopic (exact) mass is 288 g/mol. The van der Waals surface area contributed by atoms with Crippen molar-refractivity contribution in [3.05, 3.63) is 29.8 Å². The van der Waals surface area contributed by atoms with Gasteiger partial charge >= 0.3 is 0 Å². The van der Waals surface area contributed by atoms with E-state index in [1.807, 2.05) is 24.0 Å². The number of hydrogen-bond donors (Lipinski definition) is 1. The molecule has 1 amide bonds. The quantitative estimate of drug-likeness (QED) is 0.902. The smallest absolute Gasteiger partial charge is 0.244 e. The van der Waals surface area contributed by atoms with Crippen molar-refractivity contribution in [1.29, 1.82) is 0 Å². The van der Waals surface area contributed by atoms with Crippen molar-refractivity contribution < 1.29 is 9.90 Å². The molecule has 1 aromatic rings. The van der Waals surface area contributed by atoms with Crippen LogP contribution in [0.4, 0.5) is 5.69 Å². The number of aliphatic hydroxyl groups is 1. The summed E-state index contributed by atoms with van der Waals surface area (Å²) in [5.41, 5.74) is 2.36. The van der Waals surface area contributed by atoms with E-state index in [-0.39, 0.29) is 18.1 Å². The van der Waals surface area contributed by atoms with Crippen LogP contribution in [0.5, 0.6) is 0 Å². The maximum Gasteiger partial charge on any atom is 0.244 e. The molecule has 21 heavy (non-hydrogen) atoms. The first kappa shape index (κ1) is 14.5. The third-order valence-electron chi connectivity index (χ3n) is 4.78. The zero-order valence-corrected chi connectivity index (χ0v) is 12.7. The zero-order chi connectivity index (χ0) is 14.8. The summed E-state index contributed by atoms with van der Waals surface area (Å²) in [7, 11) is 0. The molecule has 1 atom stereocenters. The van der Waals surface area contributed by atoms with Gasteiger partial charge in [0.25, 0.3) is 0 Å². The summed E-state index contributed by atoms with van der Waals surface area (Å²) in [4.78, 5) is 17.0. The van der Waals surface area contributed by atoms with Crippen molar-refractivity contribution in [2.75, 3.05) is 24.5 Å². The van der Waals surface area contributed by atoms with Crippen molar-refractivity contribution >= 4 is 11.6 Å². The molecule has 0 bridgehead atoms. The molecule has 0 aliphatic carbocycles. The number of para-hydroxylation sites is 1. The van der Waals surface area contributed by atoms with Crippen LogP contribution in [0, 0.1) is 0 Å². The van der Waals surface area contributed by atoms with Gasteiger partial charge in [-0.05, 0) is 44.2 Å². The number of carbonyl (C=O) groups excluding carboxylic acids is 1. The molecule has 0 spiro atoms. The average molecular weight is 288 g/mol. The van der Waals surface area contributed by atoms with Gasteiger partial charge in [0.15, 0.2) is 0 Å². The lowest BCUT2D eigenvalue weighted by Gasteiger charge is -2.37. The molecular weight excluding hydrogens is 264 g/mol. The summed E-state index contributed by atoms with van der Waals surface area (Å²) < 4.78 is 0. The summed E-state index contributed by atoms with van der Waals surface area (Å²) >= 11 is 0. The molecule has 2 heterocycles. The van der Waals surface area contributed by atoms with E-state index in [9.17, 15) is 9.90 Å². The summed E-state index contributed by atoms with van der Waals surface area (Å²) in [5.74, 6) is 0.193. The van der Waals surface area contributed by atoms with Crippen LogP contribution in [0.15, 0.2) is 24.3 Å². The van der Waals surface area contributed by atoms with Gasteiger partial charge in [0.1, 0.15) is 0 Å². The molecule has 0 aromatic heterocycles. The van der Waals surface area contributed by atoms with Crippen LogP contribution in [0.1, 0.15) is 31.7 Å². The van der Waals surface area contributed by atoms with Crippen LogP contribution in [0.2, 0.25) is 0 Å². The van der Waals surface area contributed by atoms with Crippen LogP contribution in [0.3, 0.4) is 0 Å². The van der Waals surface area contributed by atoms with Crippen LogP contribution in [0.25, 0.3) is 0 Å². The largest absolute Gasteiger partial charge is 0.393 e. The maximum atomic E-state index is 12.9. The molecule has 4 nitrogen and oxygen atoms in total. The van der Waals surface area contributed by atoms with E-state index in [2.05, 4.69) is 17.0 Å². The summed E-state index contributed by atoms with van der Waals surface area (Å²) in [6.45, 7) is 4.43. The van der Waals surface area contributed by atoms with Crippen molar-refractivity contribution in [2.24, 2.45) is 0 Å². The Bertz CT molecular complexity index is 509. The number of benzene rings is 1. The lowest BCUT2D eigenvalue weighted by atomic mass is 10.0. The van der Waals surface area contributed by atoms with Crippen molar-refractivity contribution in [2.45, 2.75) is 44.8 Å². The van der Waals surface area contributed by atoms with E-state index >= 15 is 0 Å². The first-order chi connectivity index (χ1) is 10.2. The van der Waals surface area contributed by atoms with Crippen LogP contribution in [-0.2, 0) is 11.2 Å². The number of fused-ring (bicyclic) bond motifs is 1. The molecule has 1 N–H and O–H groups in total. The van der Waals surface area contributed by atoms with E-state index in [0.29, 0.717) is 0 Å². The van der Waals surface area contributed by atoms with Gasteiger partial charge < -0.3 is 10.0 Å². The predicted molar refractivity (Wildman–Crippen MR) is 83.4 cm³/mol. The minimum atomic E-state index is -0.195. The Morgan fingerprint density at radius 3 is 2.71 bits per heavy atom. The highest BCUT2D eigenvalue weighted by Gasteiger charge is 2.31. The summed E-state index contributed by atoms with van der Waals surface area (Å²) in [6, 6.07) is 8.12. The van der Waals surface area contributed by atoms with Crippen LogP contribution < -0.4 is 4.90 Å². The van der Waals surface area contributed by atoms with Gasteiger partial charge in [-0.1, -0.05) is 18.2 Å². The number of nitrogens with zero attached hydrogens (tertiary/aromatic N) is 2. The highest BCUT2D eigenvalue weighted by Crippen LogP contribution is 2.28. The van der Waals surface area contributed by atoms with Gasteiger partial charge in [-0.25, -0.2) is 0 Å². The average Bonchev–Trinajstić information content (AvgIpc) is 2.53. The Balaban J connectivity index is 1.73. The number of amides is 1. The fourth-order valence-corrected chi connectivity index (χ4v) is 3.42. The minimum Gasteiger partial charge on any atom is -0.393 e. The highest BCUT2D eigenvalue weighted by molar-refractivity contribution is 5.98. The molecule has 4 heteroatoms. The van der Waals surface area contributed by atoms with E-state index in [1.165, 1.54) is 5.56 Å². The molecular formula is C17H24N2O2. The number of aryl methyl sites for hydroxylation is 1. The number of carbonyl (C=O) groups is 1. The molecule has 1 unspecified atom stereocenters. The Kier molecular flexibility index (Phi) is 4.27. The molecule has 1 aromatic carbocycles. The molecule has 1 saturated heterocycles. The summed E-state index contributed by atoms with van der Waals surface area (Å²) in [6.07, 6.45) is 3.44. The second-order valence-corrected chi connectivity index (χ2v) is 6.17. The zero-order valence-electron chi connectivity index (χ0n) is 12.7. The molecule has 3 rings (SSSR count). The fourth-order valence-electron chi connectivity index (χ4n) is 3.42. The second-order valence-electron chi connectivity index (χ2n) is 6.17. The number of rotatable bonds is 2. The van der Waals surface area contributed by atoms with Gasteiger partial charge in [-0.15, -0.1) is 0 Å². The highest BCUT2D eigenvalue weighted by atomic mass is 16.3. The molecule has 2 aliphatic heterocycles. The predicted octanol–water partition coefficient (Wildman–Crippen LogP) is 1.81. The normalized spacial score (nSPS) is 21.9. The molecule has 0 radical (unpaired) electrons. The standard InChI is InChI=1S/C17H24N2O2/c1-13(18-11-8-15(20)9-12-18)17(21)19-10-4-6-14-5-2-3-7-16(14)19/h2-3,5,7,13,15,20H,4,6,8-12H2,1H3. The van der Waals surface area contributed by atoms with Crippen LogP contribution in [-0.4, -0.2) is 47.7 Å². The van der Waals surface area contributed by atoms with Crippen molar-refractivity contribution in [3.8, 4) is 0 Å². The molecule has 2 aliphatic rings. The number of aliphatic hydroxyl groups excluding tert-OH is 1. The van der Waals surface area contributed by atoms with Gasteiger partial charge in [-0.2, -0.15) is 0 Å². The van der Waals surface area contributed by atoms with Crippen molar-refractivity contribution in [3.63, 3.8) is 0 Å². The van der Waals surface area contributed by atoms with E-state index < -0.39 is 0 Å². The third-order valence-corrected chi connectivity index (χ3v) is 4.78. The Morgan fingerprint density at radius 2 is 1.95 bits per heavy atom. The fraction of sp³-hybridized carbons (Fsp3) is 0.588. The number of hydrogen-bond acceptors (Lipinski definition) is 3. The topological polar surface area (TPSA) is 43.8 Å². The van der Waals surface area contributed by atoms with E-state index in [1.54, 1.807) is 0 Å². The van der Waals surface area contributed by atoms with Crippen LogP contribution >= 0.6 is 0 Å².